The van der Waals surface area contributed by atoms with Crippen LogP contribution in [0.2, 0.25) is 0 Å². The van der Waals surface area contributed by atoms with E-state index in [4.69, 9.17) is 14.6 Å². The second kappa shape index (κ2) is 4.40. The number of carbonyl (C=O) groups is 2. The summed E-state index contributed by atoms with van der Waals surface area (Å²) in [6.07, 6.45) is 0.580. The van der Waals surface area contributed by atoms with Crippen molar-refractivity contribution in [3.8, 4) is 11.5 Å². The molecular weight excluding hydrogens is 231 g/mol. The van der Waals surface area contributed by atoms with Crippen molar-refractivity contribution in [3.63, 3.8) is 0 Å². The topological polar surface area (TPSA) is 72.8 Å². The Labute approximate surface area is 95.8 Å². The van der Waals surface area contributed by atoms with Crippen LogP contribution in [-0.4, -0.2) is 30.1 Å². The highest BCUT2D eigenvalue weighted by Crippen LogP contribution is 2.35. The van der Waals surface area contributed by atoms with Gasteiger partial charge in [0.1, 0.15) is 11.4 Å². The van der Waals surface area contributed by atoms with Gasteiger partial charge in [-0.1, -0.05) is 0 Å². The molecule has 0 spiro atoms. The molecule has 1 aromatic rings. The molecule has 0 aromatic heterocycles. The van der Waals surface area contributed by atoms with Crippen molar-refractivity contribution in [2.45, 2.75) is 6.42 Å². The van der Waals surface area contributed by atoms with Crippen molar-refractivity contribution >= 4 is 11.8 Å². The minimum absolute atomic E-state index is 0.130. The van der Waals surface area contributed by atoms with Gasteiger partial charge in [0.2, 0.25) is 0 Å². The van der Waals surface area contributed by atoms with Crippen molar-refractivity contribution in [1.82, 2.24) is 0 Å². The highest BCUT2D eigenvalue weighted by Gasteiger charge is 2.27. The maximum atomic E-state index is 13.5. The zero-order chi connectivity index (χ0) is 12.4. The molecule has 2 rings (SSSR count). The lowest BCUT2D eigenvalue weighted by atomic mass is 10.1. The predicted octanol–water partition coefficient (Wildman–Crippen LogP) is 1.25. The quantitative estimate of drug-likeness (QED) is 0.622. The molecule has 0 amide bonds. The molecule has 0 bridgehead atoms. The van der Waals surface area contributed by atoms with E-state index >= 15 is 0 Å². The minimum atomic E-state index is -1.73. The van der Waals surface area contributed by atoms with E-state index in [2.05, 4.69) is 0 Å². The van der Waals surface area contributed by atoms with E-state index in [0.29, 0.717) is 13.0 Å². The largest absolute Gasteiger partial charge is 0.490 e. The lowest BCUT2D eigenvalue weighted by molar-refractivity contribution is -0.131. The van der Waals surface area contributed by atoms with Crippen LogP contribution in [0.4, 0.5) is 4.39 Å². The number of hydrogen-bond donors (Lipinski definition) is 1. The van der Waals surface area contributed by atoms with Crippen LogP contribution < -0.4 is 9.47 Å². The first-order valence-electron chi connectivity index (χ1n) is 4.97. The van der Waals surface area contributed by atoms with Crippen LogP contribution in [0.3, 0.4) is 0 Å². The van der Waals surface area contributed by atoms with Crippen LogP contribution in [0.1, 0.15) is 16.8 Å². The highest BCUT2D eigenvalue weighted by atomic mass is 19.1. The summed E-state index contributed by atoms with van der Waals surface area (Å²) in [6.45, 7) is 0.621. The molecule has 1 aliphatic rings. The second-order valence-electron chi connectivity index (χ2n) is 3.43. The van der Waals surface area contributed by atoms with Crippen LogP contribution in [0.5, 0.6) is 11.5 Å². The van der Waals surface area contributed by atoms with Crippen LogP contribution in [-0.2, 0) is 4.79 Å². The summed E-state index contributed by atoms with van der Waals surface area (Å²) in [4.78, 5) is 22.0. The van der Waals surface area contributed by atoms with Crippen molar-refractivity contribution < 1.29 is 28.6 Å². The first-order valence-corrected chi connectivity index (χ1v) is 4.97. The number of benzene rings is 1. The highest BCUT2D eigenvalue weighted by molar-refractivity contribution is 6.40. The number of carboxylic acids is 1. The Morgan fingerprint density at radius 2 is 1.94 bits per heavy atom. The number of carboxylic acid groups (broad SMARTS) is 1. The SMILES string of the molecule is O=C(O)C(=O)c1c(F)ccc2c1OCCCO2. The molecule has 0 atom stereocenters. The summed E-state index contributed by atoms with van der Waals surface area (Å²) in [5.41, 5.74) is -0.586. The smallest absolute Gasteiger partial charge is 0.377 e. The fourth-order valence-electron chi connectivity index (χ4n) is 1.53. The summed E-state index contributed by atoms with van der Waals surface area (Å²) in [5, 5.41) is 8.62. The molecule has 1 aliphatic heterocycles. The number of hydrogen-bond acceptors (Lipinski definition) is 4. The maximum Gasteiger partial charge on any atom is 0.377 e. The van der Waals surface area contributed by atoms with Gasteiger partial charge in [-0.25, -0.2) is 9.18 Å². The Kier molecular flexibility index (Phi) is 2.95. The zero-order valence-corrected chi connectivity index (χ0v) is 8.73. The lowest BCUT2D eigenvalue weighted by Crippen LogP contribution is -2.16. The molecule has 1 aromatic carbocycles. The molecule has 90 valence electrons. The van der Waals surface area contributed by atoms with Crippen LogP contribution in [0.25, 0.3) is 0 Å². The number of halogens is 1. The molecular formula is C11H9FO5. The number of ether oxygens (including phenoxy) is 2. The lowest BCUT2D eigenvalue weighted by Gasteiger charge is -2.10. The number of Topliss-reactive ketones (excluding diaryl/α,β-unsaturated/α-hetero) is 1. The summed E-state index contributed by atoms with van der Waals surface area (Å²) < 4.78 is 23.9. The van der Waals surface area contributed by atoms with E-state index in [9.17, 15) is 14.0 Å². The van der Waals surface area contributed by atoms with Crippen molar-refractivity contribution in [1.29, 1.82) is 0 Å². The van der Waals surface area contributed by atoms with E-state index in [-0.39, 0.29) is 18.1 Å². The number of aliphatic carboxylic acids is 1. The van der Waals surface area contributed by atoms with Crippen molar-refractivity contribution in [2.75, 3.05) is 13.2 Å². The van der Waals surface area contributed by atoms with E-state index in [1.807, 2.05) is 0 Å². The van der Waals surface area contributed by atoms with E-state index < -0.39 is 23.1 Å². The Bertz CT molecular complexity index is 483. The Balaban J connectivity index is 2.56. The van der Waals surface area contributed by atoms with Gasteiger partial charge in [0.25, 0.3) is 5.78 Å². The van der Waals surface area contributed by atoms with Gasteiger partial charge in [0.05, 0.1) is 13.2 Å². The normalized spacial score (nSPS) is 13.9. The average Bonchev–Trinajstić information content (AvgIpc) is 2.53. The first-order chi connectivity index (χ1) is 8.11. The molecule has 0 saturated carbocycles. The van der Waals surface area contributed by atoms with Gasteiger partial charge < -0.3 is 14.6 Å². The fourth-order valence-corrected chi connectivity index (χ4v) is 1.53. The monoisotopic (exact) mass is 240 g/mol. The number of ketones is 1. The van der Waals surface area contributed by atoms with Crippen molar-refractivity contribution in [3.05, 3.63) is 23.5 Å². The maximum absolute atomic E-state index is 13.5. The van der Waals surface area contributed by atoms with E-state index in [0.717, 1.165) is 6.07 Å². The number of fused-ring (bicyclic) bond motifs is 1. The average molecular weight is 240 g/mol. The van der Waals surface area contributed by atoms with E-state index in [1.165, 1.54) is 6.07 Å². The molecule has 1 N–H and O–H groups in total. The van der Waals surface area contributed by atoms with Gasteiger partial charge >= 0.3 is 5.97 Å². The molecule has 5 nitrogen and oxygen atoms in total. The molecule has 0 radical (unpaired) electrons. The zero-order valence-electron chi connectivity index (χ0n) is 8.73. The van der Waals surface area contributed by atoms with Gasteiger partial charge in [-0.3, -0.25) is 4.79 Å². The van der Waals surface area contributed by atoms with Crippen molar-refractivity contribution in [2.24, 2.45) is 0 Å². The Hall–Kier alpha value is -2.11. The molecule has 1 heterocycles. The van der Waals surface area contributed by atoms with Crippen LogP contribution in [0.15, 0.2) is 12.1 Å². The summed E-state index contributed by atoms with van der Waals surface area (Å²) in [6, 6.07) is 2.30. The molecule has 0 saturated heterocycles. The summed E-state index contributed by atoms with van der Waals surface area (Å²) >= 11 is 0. The molecule has 17 heavy (non-hydrogen) atoms. The van der Waals surface area contributed by atoms with Crippen LogP contribution >= 0.6 is 0 Å². The number of rotatable bonds is 2. The van der Waals surface area contributed by atoms with Crippen LogP contribution in [0, 0.1) is 5.82 Å². The van der Waals surface area contributed by atoms with Gasteiger partial charge in [-0.2, -0.15) is 0 Å². The Morgan fingerprint density at radius 3 is 2.65 bits per heavy atom. The Morgan fingerprint density at radius 1 is 1.24 bits per heavy atom. The third-order valence-electron chi connectivity index (χ3n) is 2.28. The molecule has 0 fully saturated rings. The standard InChI is InChI=1S/C11H9FO5/c12-6-2-3-7-10(17-5-1-4-16-7)8(6)9(13)11(14)15/h2-3H,1,4-5H2,(H,14,15). The second-order valence-corrected chi connectivity index (χ2v) is 3.43. The molecule has 0 aliphatic carbocycles. The third kappa shape index (κ3) is 2.06. The van der Waals surface area contributed by atoms with Gasteiger partial charge in [-0.15, -0.1) is 0 Å². The molecule has 6 heteroatoms. The van der Waals surface area contributed by atoms with E-state index in [1.54, 1.807) is 0 Å². The predicted molar refractivity (Wildman–Crippen MR) is 54.0 cm³/mol. The van der Waals surface area contributed by atoms with Gasteiger partial charge in [0.15, 0.2) is 11.5 Å². The van der Waals surface area contributed by atoms with Gasteiger partial charge in [0, 0.05) is 6.42 Å². The third-order valence-corrected chi connectivity index (χ3v) is 2.28. The fraction of sp³-hybridized carbons (Fsp3) is 0.273. The number of carbonyl (C=O) groups excluding carboxylic acids is 1. The molecule has 0 unspecified atom stereocenters. The minimum Gasteiger partial charge on any atom is -0.490 e. The summed E-state index contributed by atoms with van der Waals surface area (Å²) in [7, 11) is 0. The van der Waals surface area contributed by atoms with Gasteiger partial charge in [-0.05, 0) is 12.1 Å². The summed E-state index contributed by atoms with van der Waals surface area (Å²) in [5.74, 6) is -3.94. The first kappa shape index (κ1) is 11.4.